The highest BCUT2D eigenvalue weighted by Crippen LogP contribution is 2.38. The van der Waals surface area contributed by atoms with E-state index in [-0.39, 0.29) is 24.0 Å². The molecule has 2 atom stereocenters. The highest BCUT2D eigenvalue weighted by atomic mass is 16.5. The summed E-state index contributed by atoms with van der Waals surface area (Å²) >= 11 is 0. The zero-order valence-electron chi connectivity index (χ0n) is 19.0. The van der Waals surface area contributed by atoms with E-state index in [4.69, 9.17) is 4.74 Å². The summed E-state index contributed by atoms with van der Waals surface area (Å²) in [5, 5.41) is 3.14. The molecule has 32 heavy (non-hydrogen) atoms. The number of aromatic nitrogens is 1. The summed E-state index contributed by atoms with van der Waals surface area (Å²) in [6.07, 6.45) is 7.05. The third-order valence-electron chi connectivity index (χ3n) is 6.53. The van der Waals surface area contributed by atoms with Gasteiger partial charge >= 0.3 is 0 Å². The maximum atomic E-state index is 13.6. The van der Waals surface area contributed by atoms with Gasteiger partial charge in [0, 0.05) is 38.1 Å². The third kappa shape index (κ3) is 4.85. The summed E-state index contributed by atoms with van der Waals surface area (Å²) in [5.41, 5.74) is 2.64. The van der Waals surface area contributed by atoms with Crippen molar-refractivity contribution in [1.29, 1.82) is 0 Å². The molecule has 0 spiro atoms. The van der Waals surface area contributed by atoms with Gasteiger partial charge in [-0.15, -0.1) is 0 Å². The molecule has 4 rings (SSSR count). The van der Waals surface area contributed by atoms with Crippen LogP contribution in [0.3, 0.4) is 0 Å². The lowest BCUT2D eigenvalue weighted by Crippen LogP contribution is -2.56. The molecule has 2 saturated heterocycles. The van der Waals surface area contributed by atoms with Crippen LogP contribution in [0.1, 0.15) is 45.1 Å². The van der Waals surface area contributed by atoms with Crippen molar-refractivity contribution >= 4 is 11.8 Å². The monoisotopic (exact) mass is 435 g/mol. The van der Waals surface area contributed by atoms with Crippen molar-refractivity contribution in [2.45, 2.75) is 58.1 Å². The smallest absolute Gasteiger partial charge is 0.251 e. The summed E-state index contributed by atoms with van der Waals surface area (Å²) in [7, 11) is 0. The Kier molecular flexibility index (Phi) is 6.89. The van der Waals surface area contributed by atoms with Crippen molar-refractivity contribution in [3.63, 3.8) is 0 Å². The summed E-state index contributed by atoms with van der Waals surface area (Å²) in [6.45, 7) is 5.71. The van der Waals surface area contributed by atoms with Gasteiger partial charge in [0.1, 0.15) is 6.10 Å². The second kappa shape index (κ2) is 9.82. The number of rotatable bonds is 6. The van der Waals surface area contributed by atoms with Crippen molar-refractivity contribution in [2.75, 3.05) is 19.7 Å². The van der Waals surface area contributed by atoms with Crippen molar-refractivity contribution in [3.05, 3.63) is 54.4 Å². The lowest BCUT2D eigenvalue weighted by molar-refractivity contribution is -0.148. The van der Waals surface area contributed by atoms with E-state index < -0.39 is 5.41 Å². The fourth-order valence-electron chi connectivity index (χ4n) is 4.97. The number of ether oxygens (including phenoxy) is 1. The second-order valence-corrected chi connectivity index (χ2v) is 9.34. The number of hydrogen-bond donors (Lipinski definition) is 1. The fraction of sp³-hybridized carbons (Fsp3) is 0.500. The summed E-state index contributed by atoms with van der Waals surface area (Å²) in [6, 6.07) is 12.3. The van der Waals surface area contributed by atoms with Crippen LogP contribution < -0.4 is 5.32 Å². The predicted molar refractivity (Wildman–Crippen MR) is 124 cm³/mol. The van der Waals surface area contributed by atoms with E-state index in [9.17, 15) is 9.59 Å². The molecule has 1 aromatic carbocycles. The molecule has 2 aliphatic heterocycles. The molecule has 2 fully saturated rings. The average molecular weight is 436 g/mol. The van der Waals surface area contributed by atoms with Gasteiger partial charge in [-0.05, 0) is 74.8 Å². The molecule has 2 aliphatic rings. The molecule has 1 N–H and O–H groups in total. The summed E-state index contributed by atoms with van der Waals surface area (Å²) < 4.78 is 5.66. The Bertz CT molecular complexity index is 940. The minimum Gasteiger partial charge on any atom is -0.368 e. The summed E-state index contributed by atoms with van der Waals surface area (Å²) in [5.74, 6) is 0.0632. The maximum Gasteiger partial charge on any atom is 0.251 e. The van der Waals surface area contributed by atoms with Gasteiger partial charge in [0.15, 0.2) is 0 Å². The minimum atomic E-state index is -0.667. The first-order chi connectivity index (χ1) is 15.5. The quantitative estimate of drug-likeness (QED) is 0.753. The van der Waals surface area contributed by atoms with Crippen LogP contribution in [0.5, 0.6) is 0 Å². The first kappa shape index (κ1) is 22.5. The number of pyridine rings is 1. The van der Waals surface area contributed by atoms with Crippen molar-refractivity contribution in [1.82, 2.24) is 15.2 Å². The van der Waals surface area contributed by atoms with Crippen LogP contribution in [0.2, 0.25) is 0 Å². The average Bonchev–Trinajstić information content (AvgIpc) is 3.34. The van der Waals surface area contributed by atoms with Gasteiger partial charge in [-0.3, -0.25) is 14.6 Å². The number of hydrogen-bond acceptors (Lipinski definition) is 4. The van der Waals surface area contributed by atoms with Gasteiger partial charge in [-0.2, -0.15) is 0 Å². The topological polar surface area (TPSA) is 71.5 Å². The molecule has 3 heterocycles. The van der Waals surface area contributed by atoms with Crippen LogP contribution in [-0.4, -0.2) is 53.5 Å². The summed E-state index contributed by atoms with van der Waals surface area (Å²) in [4.78, 5) is 32.7. The predicted octanol–water partition coefficient (Wildman–Crippen LogP) is 3.60. The van der Waals surface area contributed by atoms with Crippen molar-refractivity contribution < 1.29 is 14.3 Å². The van der Waals surface area contributed by atoms with Crippen LogP contribution in [-0.2, 0) is 20.7 Å². The van der Waals surface area contributed by atoms with Crippen molar-refractivity contribution in [3.8, 4) is 11.1 Å². The zero-order chi connectivity index (χ0) is 22.6. The van der Waals surface area contributed by atoms with Gasteiger partial charge in [0.05, 0.1) is 5.41 Å². The van der Waals surface area contributed by atoms with E-state index in [0.717, 1.165) is 42.4 Å². The Morgan fingerprint density at radius 3 is 2.69 bits per heavy atom. The molecule has 2 amide bonds. The molecule has 6 nitrogen and oxygen atoms in total. The number of amides is 2. The first-order valence-corrected chi connectivity index (χ1v) is 11.7. The molecule has 0 aliphatic carbocycles. The number of carbonyl (C=O) groups is 2. The molecule has 0 bridgehead atoms. The lowest BCUT2D eigenvalue weighted by Gasteiger charge is -2.43. The van der Waals surface area contributed by atoms with Crippen molar-refractivity contribution in [2.24, 2.45) is 5.41 Å². The highest BCUT2D eigenvalue weighted by molar-refractivity contribution is 5.86. The van der Waals surface area contributed by atoms with Crippen LogP contribution in [0.15, 0.2) is 48.8 Å². The highest BCUT2D eigenvalue weighted by Gasteiger charge is 2.45. The first-order valence-electron chi connectivity index (χ1n) is 11.7. The van der Waals surface area contributed by atoms with E-state index in [0.29, 0.717) is 26.1 Å². The van der Waals surface area contributed by atoms with Gasteiger partial charge in [-0.25, -0.2) is 0 Å². The molecule has 170 valence electrons. The van der Waals surface area contributed by atoms with Gasteiger partial charge in [0.2, 0.25) is 5.91 Å². The van der Waals surface area contributed by atoms with E-state index in [1.54, 1.807) is 12.4 Å². The molecular weight excluding hydrogens is 402 g/mol. The lowest BCUT2D eigenvalue weighted by atomic mass is 9.73. The van der Waals surface area contributed by atoms with E-state index in [1.807, 2.05) is 43.0 Å². The van der Waals surface area contributed by atoms with Gasteiger partial charge in [0.25, 0.3) is 5.91 Å². The van der Waals surface area contributed by atoms with Gasteiger partial charge in [-0.1, -0.05) is 24.3 Å². The largest absolute Gasteiger partial charge is 0.368 e. The van der Waals surface area contributed by atoms with Crippen LogP contribution in [0.4, 0.5) is 0 Å². The SMILES string of the molecule is CC(C)NC(=O)C1(Cc2ccccc2-c2ccncc2)CCCN(C(=O)C2CCCO2)C1. The van der Waals surface area contributed by atoms with E-state index in [2.05, 4.69) is 22.4 Å². The fourth-order valence-corrected chi connectivity index (χ4v) is 4.97. The van der Waals surface area contributed by atoms with Gasteiger partial charge < -0.3 is 15.0 Å². The number of carbonyl (C=O) groups excluding carboxylic acids is 2. The maximum absolute atomic E-state index is 13.6. The Hall–Kier alpha value is -2.73. The molecule has 0 saturated carbocycles. The molecule has 2 unspecified atom stereocenters. The molecule has 2 aromatic rings. The Morgan fingerprint density at radius 1 is 1.19 bits per heavy atom. The van der Waals surface area contributed by atoms with E-state index >= 15 is 0 Å². The van der Waals surface area contributed by atoms with E-state index in [1.165, 1.54) is 0 Å². The zero-order valence-corrected chi connectivity index (χ0v) is 19.0. The molecular formula is C26H33N3O3. The molecule has 1 aromatic heterocycles. The minimum absolute atomic E-state index is 0.0295. The Labute approximate surface area is 190 Å². The second-order valence-electron chi connectivity index (χ2n) is 9.34. The normalized spacial score (nSPS) is 23.3. The number of nitrogens with zero attached hydrogens (tertiary/aromatic N) is 2. The van der Waals surface area contributed by atoms with Crippen LogP contribution in [0, 0.1) is 5.41 Å². The Morgan fingerprint density at radius 2 is 1.97 bits per heavy atom. The Balaban J connectivity index is 1.66. The number of piperidine rings is 1. The number of nitrogens with one attached hydrogen (secondary N) is 1. The number of likely N-dealkylation sites (tertiary alicyclic amines) is 1. The van der Waals surface area contributed by atoms with Crippen LogP contribution >= 0.6 is 0 Å². The standard InChI is InChI=1S/C26H33N3O3/c1-19(2)28-25(31)26(12-6-15-29(18-26)24(30)23-9-5-16-32-23)17-21-7-3-4-8-22(21)20-10-13-27-14-11-20/h3-4,7-8,10-11,13-14,19,23H,5-6,9,12,15-18H2,1-2H3,(H,28,31). The molecule has 0 radical (unpaired) electrons. The third-order valence-corrected chi connectivity index (χ3v) is 6.53. The molecule has 6 heteroatoms. The number of benzene rings is 1. The van der Waals surface area contributed by atoms with Crippen LogP contribution in [0.25, 0.3) is 11.1 Å².